The lowest BCUT2D eigenvalue weighted by atomic mass is 10.0. The van der Waals surface area contributed by atoms with Crippen molar-refractivity contribution < 1.29 is 4.52 Å². The van der Waals surface area contributed by atoms with Gasteiger partial charge in [-0.15, -0.1) is 0 Å². The molecule has 2 heterocycles. The monoisotopic (exact) mass is 236 g/mol. The highest BCUT2D eigenvalue weighted by Gasteiger charge is 2.11. The van der Waals surface area contributed by atoms with Crippen LogP contribution in [0.5, 0.6) is 0 Å². The molecule has 0 saturated carbocycles. The summed E-state index contributed by atoms with van der Waals surface area (Å²) < 4.78 is 5.14. The van der Waals surface area contributed by atoms with Gasteiger partial charge in [-0.3, -0.25) is 0 Å². The first-order chi connectivity index (χ1) is 8.29. The summed E-state index contributed by atoms with van der Waals surface area (Å²) in [6, 6.07) is 0. The van der Waals surface area contributed by atoms with Gasteiger partial charge in [0, 0.05) is 6.42 Å². The summed E-state index contributed by atoms with van der Waals surface area (Å²) in [7, 11) is 0. The van der Waals surface area contributed by atoms with Crippen molar-refractivity contribution in [2.45, 2.75) is 26.2 Å². The van der Waals surface area contributed by atoms with Crippen LogP contribution < -0.4 is 5.73 Å². The normalized spacial score (nSPS) is 12.8. The van der Waals surface area contributed by atoms with Gasteiger partial charge in [0.05, 0.1) is 6.20 Å². The largest absolute Gasteiger partial charge is 0.339 e. The van der Waals surface area contributed by atoms with E-state index in [2.05, 4.69) is 32.5 Å². The maximum Gasteiger partial charge on any atom is 0.227 e. The zero-order valence-corrected chi connectivity index (χ0v) is 9.76. The molecular formula is C10H16N6O. The van der Waals surface area contributed by atoms with Crippen LogP contribution in [0.3, 0.4) is 0 Å². The lowest BCUT2D eigenvalue weighted by Crippen LogP contribution is -2.06. The number of aromatic nitrogens is 5. The van der Waals surface area contributed by atoms with E-state index in [9.17, 15) is 0 Å². The fourth-order valence-corrected chi connectivity index (χ4v) is 1.57. The van der Waals surface area contributed by atoms with Crippen LogP contribution in [-0.4, -0.2) is 32.1 Å². The Morgan fingerprint density at radius 2 is 2.35 bits per heavy atom. The van der Waals surface area contributed by atoms with Crippen LogP contribution >= 0.6 is 0 Å². The maximum atomic E-state index is 5.50. The molecule has 0 bridgehead atoms. The number of rotatable bonds is 6. The molecule has 17 heavy (non-hydrogen) atoms. The predicted octanol–water partition coefficient (Wildman–Crippen LogP) is 0.772. The topological polar surface area (TPSA) is 107 Å². The van der Waals surface area contributed by atoms with E-state index in [4.69, 9.17) is 10.3 Å². The van der Waals surface area contributed by atoms with Crippen molar-refractivity contribution in [3.63, 3.8) is 0 Å². The van der Waals surface area contributed by atoms with E-state index in [-0.39, 0.29) is 0 Å². The lowest BCUT2D eigenvalue weighted by Gasteiger charge is -2.06. The Morgan fingerprint density at radius 3 is 3.06 bits per heavy atom. The van der Waals surface area contributed by atoms with Gasteiger partial charge >= 0.3 is 0 Å². The van der Waals surface area contributed by atoms with Gasteiger partial charge in [0.2, 0.25) is 11.7 Å². The van der Waals surface area contributed by atoms with E-state index in [1.807, 2.05) is 0 Å². The van der Waals surface area contributed by atoms with Gasteiger partial charge in [0.1, 0.15) is 0 Å². The minimum Gasteiger partial charge on any atom is -0.339 e. The number of hydrogen-bond donors (Lipinski definition) is 2. The molecular weight excluding hydrogens is 220 g/mol. The zero-order valence-electron chi connectivity index (χ0n) is 9.76. The molecule has 0 spiro atoms. The third-order valence-electron chi connectivity index (χ3n) is 2.62. The van der Waals surface area contributed by atoms with Crippen LogP contribution in [0, 0.1) is 5.92 Å². The summed E-state index contributed by atoms with van der Waals surface area (Å²) in [4.78, 5) is 4.25. The molecule has 7 nitrogen and oxygen atoms in total. The second-order valence-electron chi connectivity index (χ2n) is 4.09. The summed E-state index contributed by atoms with van der Waals surface area (Å²) in [6.07, 6.45) is 4.35. The van der Waals surface area contributed by atoms with Crippen molar-refractivity contribution in [2.24, 2.45) is 11.7 Å². The number of nitrogens with one attached hydrogen (secondary N) is 1. The van der Waals surface area contributed by atoms with Gasteiger partial charge in [-0.05, 0) is 25.3 Å². The van der Waals surface area contributed by atoms with Crippen molar-refractivity contribution in [3.05, 3.63) is 12.1 Å². The molecule has 92 valence electrons. The van der Waals surface area contributed by atoms with E-state index in [0.29, 0.717) is 23.3 Å². The van der Waals surface area contributed by atoms with E-state index in [1.165, 1.54) is 0 Å². The standard InChI is InChI=1S/C10H16N6O/c1-7(4-5-11)2-3-9-13-10(15-17-9)8-6-12-16-14-8/h6-7H,2-5,11H2,1H3,(H,12,14,16). The van der Waals surface area contributed by atoms with E-state index < -0.39 is 0 Å². The Labute approximate surface area is 98.8 Å². The molecule has 0 amide bonds. The number of H-pyrrole nitrogens is 1. The van der Waals surface area contributed by atoms with Crippen LogP contribution in [-0.2, 0) is 6.42 Å². The molecule has 0 aliphatic carbocycles. The first-order valence-corrected chi connectivity index (χ1v) is 5.68. The number of nitrogens with zero attached hydrogens (tertiary/aromatic N) is 4. The minimum absolute atomic E-state index is 0.472. The van der Waals surface area contributed by atoms with Crippen LogP contribution in [0.1, 0.15) is 25.7 Å². The first-order valence-electron chi connectivity index (χ1n) is 5.68. The molecule has 0 radical (unpaired) electrons. The number of aryl methyl sites for hydroxylation is 1. The Hall–Kier alpha value is -1.76. The molecule has 1 atom stereocenters. The van der Waals surface area contributed by atoms with Crippen molar-refractivity contribution in [1.82, 2.24) is 25.6 Å². The maximum absolute atomic E-state index is 5.50. The molecule has 0 aromatic carbocycles. The summed E-state index contributed by atoms with van der Waals surface area (Å²) in [5, 5.41) is 13.9. The van der Waals surface area contributed by atoms with Gasteiger partial charge in [-0.1, -0.05) is 12.1 Å². The van der Waals surface area contributed by atoms with E-state index in [0.717, 1.165) is 25.8 Å². The Morgan fingerprint density at radius 1 is 1.47 bits per heavy atom. The second kappa shape index (κ2) is 5.53. The van der Waals surface area contributed by atoms with E-state index in [1.54, 1.807) is 6.20 Å². The van der Waals surface area contributed by atoms with Crippen molar-refractivity contribution in [3.8, 4) is 11.5 Å². The number of nitrogens with two attached hydrogens (primary N) is 1. The summed E-state index contributed by atoms with van der Waals surface area (Å²) in [5.74, 6) is 1.68. The second-order valence-corrected chi connectivity index (χ2v) is 4.09. The van der Waals surface area contributed by atoms with Crippen LogP contribution in [0.4, 0.5) is 0 Å². The minimum atomic E-state index is 0.472. The lowest BCUT2D eigenvalue weighted by molar-refractivity contribution is 0.362. The Kier molecular flexibility index (Phi) is 3.81. The molecule has 2 aromatic rings. The molecule has 0 fully saturated rings. The Balaban J connectivity index is 1.91. The van der Waals surface area contributed by atoms with Crippen molar-refractivity contribution in [1.29, 1.82) is 0 Å². The van der Waals surface area contributed by atoms with E-state index >= 15 is 0 Å². The predicted molar refractivity (Wildman–Crippen MR) is 60.8 cm³/mol. The molecule has 0 aliphatic heterocycles. The highest BCUT2D eigenvalue weighted by Crippen LogP contribution is 2.14. The molecule has 0 aliphatic rings. The summed E-state index contributed by atoms with van der Waals surface area (Å²) >= 11 is 0. The highest BCUT2D eigenvalue weighted by molar-refractivity contribution is 5.44. The third-order valence-corrected chi connectivity index (χ3v) is 2.62. The fourth-order valence-electron chi connectivity index (χ4n) is 1.57. The molecule has 2 rings (SSSR count). The summed E-state index contributed by atoms with van der Waals surface area (Å²) in [6.45, 7) is 2.89. The van der Waals surface area contributed by atoms with Crippen LogP contribution in [0.15, 0.2) is 10.7 Å². The Bertz CT molecular complexity index is 437. The SMILES string of the molecule is CC(CCN)CCc1nc(-c2cn[nH]n2)no1. The smallest absolute Gasteiger partial charge is 0.227 e. The number of aromatic amines is 1. The number of hydrogen-bond acceptors (Lipinski definition) is 6. The zero-order chi connectivity index (χ0) is 12.1. The molecule has 2 aromatic heterocycles. The third kappa shape index (κ3) is 3.10. The molecule has 1 unspecified atom stereocenters. The fraction of sp³-hybridized carbons (Fsp3) is 0.600. The van der Waals surface area contributed by atoms with Crippen LogP contribution in [0.25, 0.3) is 11.5 Å². The van der Waals surface area contributed by atoms with Gasteiger partial charge < -0.3 is 10.3 Å². The molecule has 0 saturated heterocycles. The quantitative estimate of drug-likeness (QED) is 0.767. The molecule has 3 N–H and O–H groups in total. The van der Waals surface area contributed by atoms with Gasteiger partial charge in [0.25, 0.3) is 0 Å². The highest BCUT2D eigenvalue weighted by atomic mass is 16.5. The first kappa shape index (κ1) is 11.7. The van der Waals surface area contributed by atoms with Gasteiger partial charge in [-0.25, -0.2) is 0 Å². The average Bonchev–Trinajstić information content (AvgIpc) is 2.97. The van der Waals surface area contributed by atoms with Crippen molar-refractivity contribution in [2.75, 3.05) is 6.54 Å². The average molecular weight is 236 g/mol. The van der Waals surface area contributed by atoms with Gasteiger partial charge in [-0.2, -0.15) is 20.4 Å². The van der Waals surface area contributed by atoms with Crippen molar-refractivity contribution >= 4 is 0 Å². The van der Waals surface area contributed by atoms with Crippen LogP contribution in [0.2, 0.25) is 0 Å². The summed E-state index contributed by atoms with van der Waals surface area (Å²) in [5.41, 5.74) is 6.09. The van der Waals surface area contributed by atoms with Gasteiger partial charge in [0.15, 0.2) is 5.69 Å². The molecule has 7 heteroatoms.